The number of benzene rings is 2. The van der Waals surface area contributed by atoms with Crippen LogP contribution in [0, 0.1) is 0 Å². The fourth-order valence-electron chi connectivity index (χ4n) is 3.74. The van der Waals surface area contributed by atoms with E-state index in [9.17, 15) is 4.79 Å². The molecule has 1 fully saturated rings. The van der Waals surface area contributed by atoms with E-state index < -0.39 is 0 Å². The number of amides is 1. The van der Waals surface area contributed by atoms with Crippen LogP contribution in [-0.2, 0) is 11.3 Å². The molecule has 1 N–H and O–H groups in total. The summed E-state index contributed by atoms with van der Waals surface area (Å²) in [6, 6.07) is 13.9. The van der Waals surface area contributed by atoms with Crippen LogP contribution in [0.15, 0.2) is 42.5 Å². The third kappa shape index (κ3) is 4.20. The number of nitrogens with zero attached hydrogens (tertiary/aromatic N) is 1. The van der Waals surface area contributed by atoms with Crippen molar-refractivity contribution in [2.24, 2.45) is 0 Å². The largest absolute Gasteiger partial charge is 0.486 e. The SMILES string of the molecule is O=C(CN1CCC[C@H]1c1ccc2c(c1)OCCO2)NCc1ccccc1Cl. The first-order valence-electron chi connectivity index (χ1n) is 9.34. The van der Waals surface area contributed by atoms with Crippen LogP contribution in [0.2, 0.25) is 5.02 Å². The van der Waals surface area contributed by atoms with E-state index in [0.717, 1.165) is 36.4 Å². The van der Waals surface area contributed by atoms with E-state index >= 15 is 0 Å². The van der Waals surface area contributed by atoms with Gasteiger partial charge in [0.2, 0.25) is 5.91 Å². The summed E-state index contributed by atoms with van der Waals surface area (Å²) >= 11 is 6.16. The van der Waals surface area contributed by atoms with Crippen molar-refractivity contribution < 1.29 is 14.3 Å². The van der Waals surface area contributed by atoms with Gasteiger partial charge < -0.3 is 14.8 Å². The number of carbonyl (C=O) groups excluding carboxylic acids is 1. The average Bonchev–Trinajstić information content (AvgIpc) is 3.15. The van der Waals surface area contributed by atoms with Crippen molar-refractivity contribution in [1.29, 1.82) is 0 Å². The van der Waals surface area contributed by atoms with E-state index in [1.165, 1.54) is 5.56 Å². The van der Waals surface area contributed by atoms with Crippen LogP contribution in [0.3, 0.4) is 0 Å². The molecule has 0 aliphatic carbocycles. The highest BCUT2D eigenvalue weighted by molar-refractivity contribution is 6.31. The van der Waals surface area contributed by atoms with Crippen molar-refractivity contribution >= 4 is 17.5 Å². The van der Waals surface area contributed by atoms with Gasteiger partial charge in [0.25, 0.3) is 0 Å². The first-order chi connectivity index (χ1) is 13.2. The number of fused-ring (bicyclic) bond motifs is 1. The predicted octanol–water partition coefficient (Wildman–Crippen LogP) is 3.56. The molecule has 2 aliphatic heterocycles. The lowest BCUT2D eigenvalue weighted by molar-refractivity contribution is -0.122. The fraction of sp³-hybridized carbons (Fsp3) is 0.381. The van der Waals surface area contributed by atoms with Gasteiger partial charge in [0.15, 0.2) is 11.5 Å². The van der Waals surface area contributed by atoms with E-state index in [1.54, 1.807) is 0 Å². The molecule has 2 heterocycles. The van der Waals surface area contributed by atoms with Crippen molar-refractivity contribution in [2.75, 3.05) is 26.3 Å². The van der Waals surface area contributed by atoms with Gasteiger partial charge in [0.1, 0.15) is 13.2 Å². The summed E-state index contributed by atoms with van der Waals surface area (Å²) in [7, 11) is 0. The molecular weight excluding hydrogens is 364 g/mol. The van der Waals surface area contributed by atoms with E-state index in [4.69, 9.17) is 21.1 Å². The summed E-state index contributed by atoms with van der Waals surface area (Å²) in [5, 5.41) is 3.65. The van der Waals surface area contributed by atoms with Crippen molar-refractivity contribution in [1.82, 2.24) is 10.2 Å². The lowest BCUT2D eigenvalue weighted by Gasteiger charge is -2.26. The molecule has 0 unspecified atom stereocenters. The first-order valence-corrected chi connectivity index (χ1v) is 9.72. The molecule has 27 heavy (non-hydrogen) atoms. The van der Waals surface area contributed by atoms with Gasteiger partial charge in [-0.15, -0.1) is 0 Å². The van der Waals surface area contributed by atoms with Gasteiger partial charge in [-0.2, -0.15) is 0 Å². The van der Waals surface area contributed by atoms with Gasteiger partial charge >= 0.3 is 0 Å². The second-order valence-electron chi connectivity index (χ2n) is 6.90. The number of hydrogen-bond donors (Lipinski definition) is 1. The maximum absolute atomic E-state index is 12.5. The summed E-state index contributed by atoms with van der Waals surface area (Å²) < 4.78 is 11.3. The molecule has 1 amide bonds. The Bertz CT molecular complexity index is 827. The van der Waals surface area contributed by atoms with Crippen LogP contribution in [0.4, 0.5) is 0 Å². The van der Waals surface area contributed by atoms with Gasteiger partial charge in [-0.1, -0.05) is 35.9 Å². The molecule has 2 aromatic carbocycles. The normalized spacial score (nSPS) is 19.1. The third-order valence-corrected chi connectivity index (χ3v) is 5.46. The maximum Gasteiger partial charge on any atom is 0.234 e. The zero-order valence-electron chi connectivity index (χ0n) is 15.1. The van der Waals surface area contributed by atoms with E-state index in [0.29, 0.717) is 31.3 Å². The van der Waals surface area contributed by atoms with Gasteiger partial charge in [0.05, 0.1) is 6.54 Å². The highest BCUT2D eigenvalue weighted by Gasteiger charge is 2.28. The van der Waals surface area contributed by atoms with Crippen LogP contribution in [0.25, 0.3) is 0 Å². The second-order valence-corrected chi connectivity index (χ2v) is 7.31. The predicted molar refractivity (Wildman–Crippen MR) is 104 cm³/mol. The summed E-state index contributed by atoms with van der Waals surface area (Å²) in [6.45, 7) is 2.91. The van der Waals surface area contributed by atoms with Crippen LogP contribution in [0.1, 0.15) is 30.0 Å². The van der Waals surface area contributed by atoms with Crippen LogP contribution in [0.5, 0.6) is 11.5 Å². The molecular formula is C21H23ClN2O3. The van der Waals surface area contributed by atoms with Gasteiger partial charge in [0, 0.05) is 17.6 Å². The number of carbonyl (C=O) groups is 1. The molecule has 0 radical (unpaired) electrons. The lowest BCUT2D eigenvalue weighted by Crippen LogP contribution is -2.36. The Balaban J connectivity index is 1.38. The number of ether oxygens (including phenoxy) is 2. The average molecular weight is 387 g/mol. The zero-order chi connectivity index (χ0) is 18.6. The van der Waals surface area contributed by atoms with E-state index in [-0.39, 0.29) is 11.9 Å². The molecule has 6 heteroatoms. The van der Waals surface area contributed by atoms with Gasteiger partial charge in [-0.3, -0.25) is 9.69 Å². The highest BCUT2D eigenvalue weighted by Crippen LogP contribution is 2.37. The van der Waals surface area contributed by atoms with E-state index in [1.807, 2.05) is 30.3 Å². The molecule has 142 valence electrons. The molecule has 5 nitrogen and oxygen atoms in total. The lowest BCUT2D eigenvalue weighted by atomic mass is 10.0. The number of halogens is 1. The molecule has 0 spiro atoms. The Morgan fingerprint density at radius 2 is 1.96 bits per heavy atom. The van der Waals surface area contributed by atoms with Crippen molar-refractivity contribution in [3.63, 3.8) is 0 Å². The Morgan fingerprint density at radius 3 is 2.81 bits per heavy atom. The van der Waals surface area contributed by atoms with Crippen LogP contribution in [-0.4, -0.2) is 37.1 Å². The molecule has 0 saturated carbocycles. The quantitative estimate of drug-likeness (QED) is 0.853. The Kier molecular flexibility index (Phi) is 5.50. The number of nitrogens with one attached hydrogen (secondary N) is 1. The minimum Gasteiger partial charge on any atom is -0.486 e. The molecule has 1 atom stereocenters. The Morgan fingerprint density at radius 1 is 1.15 bits per heavy atom. The van der Waals surface area contributed by atoms with Crippen molar-refractivity contribution in [3.8, 4) is 11.5 Å². The fourth-order valence-corrected chi connectivity index (χ4v) is 3.94. The van der Waals surface area contributed by atoms with Crippen molar-refractivity contribution in [3.05, 3.63) is 58.6 Å². The Hall–Kier alpha value is -2.24. The second kappa shape index (κ2) is 8.19. The molecule has 2 aliphatic rings. The summed E-state index contributed by atoms with van der Waals surface area (Å²) in [5.41, 5.74) is 2.10. The minimum absolute atomic E-state index is 0.0133. The van der Waals surface area contributed by atoms with Crippen molar-refractivity contribution in [2.45, 2.75) is 25.4 Å². The standard InChI is InChI=1S/C21H23ClN2O3/c22-17-5-2-1-4-16(17)13-23-21(25)14-24-9-3-6-18(24)15-7-8-19-20(12-15)27-11-10-26-19/h1-2,4-5,7-8,12,18H,3,6,9-11,13-14H2,(H,23,25)/t18-/m0/s1. The monoisotopic (exact) mass is 386 g/mol. The van der Waals surface area contributed by atoms with Gasteiger partial charge in [-0.25, -0.2) is 0 Å². The highest BCUT2D eigenvalue weighted by atomic mass is 35.5. The molecule has 0 aromatic heterocycles. The maximum atomic E-state index is 12.5. The number of rotatable bonds is 5. The Labute approximate surface area is 164 Å². The number of hydrogen-bond acceptors (Lipinski definition) is 4. The van der Waals surface area contributed by atoms with Crippen LogP contribution < -0.4 is 14.8 Å². The zero-order valence-corrected chi connectivity index (χ0v) is 15.9. The summed E-state index contributed by atoms with van der Waals surface area (Å²) in [5.74, 6) is 1.61. The third-order valence-electron chi connectivity index (χ3n) is 5.10. The topological polar surface area (TPSA) is 50.8 Å². The van der Waals surface area contributed by atoms with Crippen LogP contribution >= 0.6 is 11.6 Å². The molecule has 2 aromatic rings. The molecule has 0 bridgehead atoms. The smallest absolute Gasteiger partial charge is 0.234 e. The van der Waals surface area contributed by atoms with E-state index in [2.05, 4.69) is 22.3 Å². The first kappa shape index (κ1) is 18.1. The minimum atomic E-state index is 0.0133. The van der Waals surface area contributed by atoms with Gasteiger partial charge in [-0.05, 0) is 48.7 Å². The molecule has 4 rings (SSSR count). The number of likely N-dealkylation sites (tertiary alicyclic amines) is 1. The molecule has 1 saturated heterocycles. The summed E-state index contributed by atoms with van der Waals surface area (Å²) in [4.78, 5) is 14.7. The summed E-state index contributed by atoms with van der Waals surface area (Å²) in [6.07, 6.45) is 2.12.